The van der Waals surface area contributed by atoms with Crippen LogP contribution >= 0.6 is 24.0 Å². The summed E-state index contributed by atoms with van der Waals surface area (Å²) in [5.41, 5.74) is 3.11. The van der Waals surface area contributed by atoms with Crippen molar-refractivity contribution in [3.63, 3.8) is 0 Å². The van der Waals surface area contributed by atoms with Crippen LogP contribution in [-0.2, 0) is 0 Å². The van der Waals surface area contributed by atoms with E-state index in [9.17, 15) is 19.2 Å². The number of aliphatic imine (C=N–C) groups is 1. The van der Waals surface area contributed by atoms with Crippen LogP contribution in [0.25, 0.3) is 76.0 Å². The standard InChI is InChI=1S/C46H28N4O4S2/c1-23-9-35(48-22-55)10-24(2)41(23)49-43(51)37-17-31-13-27-5-7-29-15-33-19-39-40(46(54)50(45(39)53)42-25(3)11-36(56-21-47)12-26(42)4)20-34(33)16-30(29)8-6-28(27)14-32(31)18-38(37)44(49)52/h5-20H,1-4H3. The van der Waals surface area contributed by atoms with Gasteiger partial charge in [0.2, 0.25) is 0 Å². The van der Waals surface area contributed by atoms with E-state index in [0.29, 0.717) is 38.6 Å². The first-order valence-electron chi connectivity index (χ1n) is 17.7. The van der Waals surface area contributed by atoms with Gasteiger partial charge in [0.15, 0.2) is 0 Å². The Morgan fingerprint density at radius 1 is 0.500 bits per heavy atom. The highest BCUT2D eigenvalue weighted by molar-refractivity contribution is 8.03. The number of fused-ring (bicyclic) bond motifs is 6. The Balaban J connectivity index is 1.19. The largest absolute Gasteiger partial charge is 0.268 e. The predicted molar refractivity (Wildman–Crippen MR) is 232 cm³/mol. The molecule has 0 atom stereocenters. The molecule has 2 aromatic heterocycles. The molecule has 56 heavy (non-hydrogen) atoms. The third-order valence-electron chi connectivity index (χ3n) is 10.7. The Morgan fingerprint density at radius 3 is 1.12 bits per heavy atom. The first-order valence-corrected chi connectivity index (χ1v) is 18.9. The van der Waals surface area contributed by atoms with E-state index in [1.807, 2.05) is 88.4 Å². The fourth-order valence-corrected chi connectivity index (χ4v) is 8.95. The smallest absolute Gasteiger partial charge is 0.266 e. The van der Waals surface area contributed by atoms with Crippen LogP contribution in [0, 0.1) is 38.4 Å². The molecule has 0 aliphatic rings. The normalized spacial score (nSPS) is 11.6. The van der Waals surface area contributed by atoms with Crippen LogP contribution in [0.2, 0.25) is 0 Å². The number of nitriles is 1. The highest BCUT2D eigenvalue weighted by atomic mass is 32.2. The fourth-order valence-electron chi connectivity index (χ4n) is 8.27. The molecule has 2 heterocycles. The number of nitrogens with zero attached hydrogens (tertiary/aromatic N) is 4. The number of aromatic nitrogens is 2. The van der Waals surface area contributed by atoms with E-state index in [0.717, 1.165) is 82.0 Å². The van der Waals surface area contributed by atoms with Crippen molar-refractivity contribution in [1.82, 2.24) is 9.13 Å². The topological polar surface area (TPSA) is 114 Å². The van der Waals surface area contributed by atoms with Gasteiger partial charge in [-0.1, -0.05) is 24.3 Å². The summed E-state index contributed by atoms with van der Waals surface area (Å²) in [5.74, 6) is 0. The molecule has 8 nitrogen and oxygen atoms in total. The third kappa shape index (κ3) is 5.36. The van der Waals surface area contributed by atoms with Gasteiger partial charge in [-0.2, -0.15) is 10.3 Å². The van der Waals surface area contributed by atoms with Crippen molar-refractivity contribution in [2.24, 2.45) is 4.99 Å². The Kier molecular flexibility index (Phi) is 8.08. The molecular weight excluding hydrogens is 737 g/mol. The quantitative estimate of drug-likeness (QED) is 0.0759. The number of thiocyanates is 1. The van der Waals surface area contributed by atoms with Gasteiger partial charge in [-0.05, 0) is 190 Å². The summed E-state index contributed by atoms with van der Waals surface area (Å²) < 4.78 is 2.50. The van der Waals surface area contributed by atoms with E-state index in [4.69, 9.17) is 17.5 Å². The number of thioether (sulfide) groups is 1. The zero-order valence-electron chi connectivity index (χ0n) is 30.5. The second-order valence-corrected chi connectivity index (χ2v) is 15.3. The van der Waals surface area contributed by atoms with E-state index in [1.165, 1.54) is 9.13 Å². The maximum Gasteiger partial charge on any atom is 0.266 e. The van der Waals surface area contributed by atoms with Gasteiger partial charge >= 0.3 is 0 Å². The second-order valence-electron chi connectivity index (χ2n) is 14.2. The predicted octanol–water partition coefficient (Wildman–Crippen LogP) is 9.61. The summed E-state index contributed by atoms with van der Waals surface area (Å²) in [6, 6.07) is 30.5. The first kappa shape index (κ1) is 35.0. The highest BCUT2D eigenvalue weighted by Crippen LogP contribution is 2.31. The molecule has 9 aromatic rings. The van der Waals surface area contributed by atoms with Crippen LogP contribution < -0.4 is 22.2 Å². The summed E-state index contributed by atoms with van der Waals surface area (Å²) in [6.45, 7) is 7.36. The Hall–Kier alpha value is -6.76. The van der Waals surface area contributed by atoms with E-state index in [2.05, 4.69) is 15.6 Å². The lowest BCUT2D eigenvalue weighted by atomic mass is 9.99. The van der Waals surface area contributed by atoms with Gasteiger partial charge in [0.05, 0.1) is 43.8 Å². The third-order valence-corrected chi connectivity index (χ3v) is 11.4. The molecule has 268 valence electrons. The molecule has 10 heteroatoms. The molecule has 0 radical (unpaired) electrons. The van der Waals surface area contributed by atoms with Crippen molar-refractivity contribution >= 4 is 99.5 Å². The van der Waals surface area contributed by atoms with Crippen LogP contribution in [0.1, 0.15) is 22.3 Å². The lowest BCUT2D eigenvalue weighted by Gasteiger charge is -2.11. The van der Waals surface area contributed by atoms with Crippen LogP contribution in [-0.4, -0.2) is 14.3 Å². The Labute approximate surface area is 327 Å². The molecule has 0 unspecified atom stereocenters. The maximum atomic E-state index is 13.8. The fraction of sp³-hybridized carbons (Fsp3) is 0.0870. The average molecular weight is 765 g/mol. The van der Waals surface area contributed by atoms with Crippen molar-refractivity contribution in [3.8, 4) is 16.8 Å². The molecule has 0 fully saturated rings. The van der Waals surface area contributed by atoms with E-state index in [-0.39, 0.29) is 22.2 Å². The van der Waals surface area contributed by atoms with Gasteiger partial charge in [-0.25, -0.2) is 9.13 Å². The number of isothiocyanates is 1. The van der Waals surface area contributed by atoms with Crippen molar-refractivity contribution in [2.45, 2.75) is 32.6 Å². The van der Waals surface area contributed by atoms with Gasteiger partial charge in [-0.3, -0.25) is 19.2 Å². The molecule has 0 amide bonds. The summed E-state index contributed by atoms with van der Waals surface area (Å²) in [7, 11) is 0. The molecule has 0 saturated carbocycles. The Morgan fingerprint density at radius 2 is 0.821 bits per heavy atom. The summed E-state index contributed by atoms with van der Waals surface area (Å²) in [6.07, 6.45) is 0. The van der Waals surface area contributed by atoms with Crippen molar-refractivity contribution in [3.05, 3.63) is 161 Å². The van der Waals surface area contributed by atoms with Gasteiger partial charge < -0.3 is 0 Å². The molecule has 0 bridgehead atoms. The number of benzene rings is 6. The summed E-state index contributed by atoms with van der Waals surface area (Å²) in [4.78, 5) is 60.2. The van der Waals surface area contributed by atoms with E-state index < -0.39 is 0 Å². The molecule has 0 aliphatic carbocycles. The molecule has 0 aliphatic heterocycles. The molecule has 0 N–H and O–H groups in total. The van der Waals surface area contributed by atoms with Crippen LogP contribution in [0.3, 0.4) is 0 Å². The zero-order chi connectivity index (χ0) is 39.2. The van der Waals surface area contributed by atoms with Gasteiger partial charge in [-0.15, -0.1) is 0 Å². The average Bonchev–Trinajstić information content (AvgIpc) is 3.52. The van der Waals surface area contributed by atoms with Crippen molar-refractivity contribution < 1.29 is 0 Å². The molecule has 0 saturated heterocycles. The van der Waals surface area contributed by atoms with Crippen LogP contribution in [0.15, 0.2) is 126 Å². The lowest BCUT2D eigenvalue weighted by molar-refractivity contribution is 0.959. The maximum absolute atomic E-state index is 13.8. The van der Waals surface area contributed by atoms with Crippen LogP contribution in [0.4, 0.5) is 5.69 Å². The minimum Gasteiger partial charge on any atom is -0.268 e. The Bertz CT molecular complexity index is 3410. The zero-order valence-corrected chi connectivity index (χ0v) is 32.1. The lowest BCUT2D eigenvalue weighted by Crippen LogP contribution is -2.25. The van der Waals surface area contributed by atoms with Gasteiger partial charge in [0, 0.05) is 4.90 Å². The van der Waals surface area contributed by atoms with Crippen LogP contribution in [0.5, 0.6) is 0 Å². The molecule has 7 aromatic carbocycles. The minimum atomic E-state index is -0.378. The van der Waals surface area contributed by atoms with Crippen molar-refractivity contribution in [2.75, 3.05) is 0 Å². The number of rotatable bonds is 4. The first-order chi connectivity index (χ1) is 26.9. The number of thiocarbonyl (C=S) groups is 1. The minimum absolute atomic E-state index is 0.348. The SMILES string of the molecule is Cc1cc(N=C=S)cc(C)c1-n1c(=O)c2cc3cc4ccc5cc6cc7c(=O)n(-c8c(C)cc(SC#N)cc8C)c(=O)c7cc6cc5ccc4cc3cc2c1=O. The molecule has 0 spiro atoms. The number of hydrogen-bond acceptors (Lipinski definition) is 8. The highest BCUT2D eigenvalue weighted by Gasteiger charge is 2.21. The molecular formula is C46H28N4O4S2. The van der Waals surface area contributed by atoms with E-state index >= 15 is 0 Å². The molecule has 9 rings (SSSR count). The van der Waals surface area contributed by atoms with Crippen molar-refractivity contribution in [1.29, 1.82) is 5.26 Å². The second kappa shape index (κ2) is 12.9. The summed E-state index contributed by atoms with van der Waals surface area (Å²) >= 11 is 5.79. The van der Waals surface area contributed by atoms with Gasteiger partial charge in [0.25, 0.3) is 22.2 Å². The number of hydrogen-bond donors (Lipinski definition) is 0. The number of aryl methyl sites for hydroxylation is 4. The van der Waals surface area contributed by atoms with Gasteiger partial charge in [0.1, 0.15) is 5.40 Å². The van der Waals surface area contributed by atoms with E-state index in [1.54, 1.807) is 36.4 Å². The monoisotopic (exact) mass is 764 g/mol. The summed E-state index contributed by atoms with van der Waals surface area (Å²) in [5, 5.41) is 22.0.